The zero-order valence-electron chi connectivity index (χ0n) is 11.1. The molecule has 0 aliphatic heterocycles. The minimum absolute atomic E-state index is 0.0243. The summed E-state index contributed by atoms with van der Waals surface area (Å²) in [5.74, 6) is 4.82. The first kappa shape index (κ1) is 14.6. The molecule has 0 aliphatic carbocycles. The molecule has 0 amide bonds. The zero-order valence-corrected chi connectivity index (χ0v) is 11.1. The molecule has 0 radical (unpaired) electrons. The highest BCUT2D eigenvalue weighted by Crippen LogP contribution is 2.26. The third-order valence-electron chi connectivity index (χ3n) is 2.77. The van der Waals surface area contributed by atoms with Crippen LogP contribution in [0.25, 0.3) is 0 Å². The van der Waals surface area contributed by atoms with Crippen molar-refractivity contribution in [2.24, 2.45) is 5.84 Å². The molecule has 0 spiro atoms. The van der Waals surface area contributed by atoms with Crippen LogP contribution in [-0.2, 0) is 6.54 Å². The Morgan fingerprint density at radius 1 is 1.38 bits per heavy atom. The first-order chi connectivity index (χ1) is 10.0. The number of nitrogens with two attached hydrogens (primary N) is 1. The van der Waals surface area contributed by atoms with E-state index in [4.69, 9.17) is 5.84 Å². The predicted octanol–water partition coefficient (Wildman–Crippen LogP) is 1.73. The number of benzene rings is 1. The smallest absolute Gasteiger partial charge is 0.332 e. The second-order valence-electron chi connectivity index (χ2n) is 4.18. The second kappa shape index (κ2) is 6.09. The van der Waals surface area contributed by atoms with E-state index in [1.165, 1.54) is 13.0 Å². The Morgan fingerprint density at radius 3 is 2.71 bits per heavy atom. The Morgan fingerprint density at radius 2 is 2.10 bits per heavy atom. The van der Waals surface area contributed by atoms with Gasteiger partial charge in [-0.1, -0.05) is 18.2 Å². The number of rotatable bonds is 5. The van der Waals surface area contributed by atoms with Crippen LogP contribution >= 0.6 is 0 Å². The molecule has 0 saturated carbocycles. The fourth-order valence-corrected chi connectivity index (χ4v) is 1.79. The Labute approximate surface area is 119 Å². The Bertz CT molecular complexity index is 679. The van der Waals surface area contributed by atoms with Crippen LogP contribution in [0.4, 0.5) is 21.8 Å². The lowest BCUT2D eigenvalue weighted by Gasteiger charge is -2.09. The monoisotopic (exact) mass is 292 g/mol. The van der Waals surface area contributed by atoms with E-state index in [2.05, 4.69) is 20.7 Å². The summed E-state index contributed by atoms with van der Waals surface area (Å²) in [5.41, 5.74) is 2.47. The van der Waals surface area contributed by atoms with Crippen molar-refractivity contribution in [3.8, 4) is 0 Å². The average molecular weight is 292 g/mol. The summed E-state index contributed by atoms with van der Waals surface area (Å²) in [6, 6.07) is 6.12. The van der Waals surface area contributed by atoms with Gasteiger partial charge in [-0.05, 0) is 13.0 Å². The maximum absolute atomic E-state index is 13.5. The van der Waals surface area contributed by atoms with E-state index in [0.717, 1.165) is 0 Å². The molecule has 110 valence electrons. The van der Waals surface area contributed by atoms with Gasteiger partial charge < -0.3 is 5.32 Å². The fourth-order valence-electron chi connectivity index (χ4n) is 1.79. The van der Waals surface area contributed by atoms with Crippen molar-refractivity contribution in [2.75, 3.05) is 10.7 Å². The van der Waals surface area contributed by atoms with Gasteiger partial charge in [-0.25, -0.2) is 15.2 Å². The topological polar surface area (TPSA) is 119 Å². The number of hydrazine groups is 1. The highest BCUT2D eigenvalue weighted by Gasteiger charge is 2.21. The van der Waals surface area contributed by atoms with Gasteiger partial charge in [0.05, 0.1) is 4.92 Å². The molecule has 1 aromatic heterocycles. The van der Waals surface area contributed by atoms with Gasteiger partial charge in [0.2, 0.25) is 11.8 Å². The highest BCUT2D eigenvalue weighted by atomic mass is 19.1. The van der Waals surface area contributed by atoms with E-state index in [1.807, 2.05) is 0 Å². The first-order valence-corrected chi connectivity index (χ1v) is 6.00. The summed E-state index contributed by atoms with van der Waals surface area (Å²) in [4.78, 5) is 18.2. The van der Waals surface area contributed by atoms with Gasteiger partial charge in [-0.15, -0.1) is 0 Å². The summed E-state index contributed by atoms with van der Waals surface area (Å²) in [6.07, 6.45) is 0. The van der Waals surface area contributed by atoms with Gasteiger partial charge in [0.1, 0.15) is 11.5 Å². The summed E-state index contributed by atoms with van der Waals surface area (Å²) < 4.78 is 13.5. The SMILES string of the molecule is Cc1nc(NN)nc(NCc2ccccc2F)c1[N+](=O)[O-]. The third-order valence-corrected chi connectivity index (χ3v) is 2.77. The van der Waals surface area contributed by atoms with E-state index in [0.29, 0.717) is 5.56 Å². The molecule has 0 unspecified atom stereocenters. The fraction of sp³-hybridized carbons (Fsp3) is 0.167. The normalized spacial score (nSPS) is 10.2. The molecule has 0 aliphatic rings. The number of aryl methyl sites for hydroxylation is 1. The van der Waals surface area contributed by atoms with Gasteiger partial charge in [0, 0.05) is 12.1 Å². The summed E-state index contributed by atoms with van der Waals surface area (Å²) in [6.45, 7) is 1.52. The Kier molecular flexibility index (Phi) is 4.24. The molecule has 1 aromatic carbocycles. The van der Waals surface area contributed by atoms with E-state index < -0.39 is 10.7 Å². The molecule has 9 heteroatoms. The maximum atomic E-state index is 13.5. The maximum Gasteiger partial charge on any atom is 0.332 e. The number of nitrogen functional groups attached to an aromatic ring is 1. The van der Waals surface area contributed by atoms with Crippen molar-refractivity contribution in [1.82, 2.24) is 9.97 Å². The average Bonchev–Trinajstić information content (AvgIpc) is 2.45. The number of nitro groups is 1. The lowest BCUT2D eigenvalue weighted by Crippen LogP contribution is -2.14. The van der Waals surface area contributed by atoms with Crippen LogP contribution < -0.4 is 16.6 Å². The minimum atomic E-state index is -0.598. The third kappa shape index (κ3) is 3.20. The molecular formula is C12H13FN6O2. The summed E-state index contributed by atoms with van der Waals surface area (Å²) >= 11 is 0. The van der Waals surface area contributed by atoms with Crippen molar-refractivity contribution < 1.29 is 9.31 Å². The number of aromatic nitrogens is 2. The quantitative estimate of drug-likeness (QED) is 0.436. The molecule has 1 heterocycles. The molecule has 0 saturated heterocycles. The van der Waals surface area contributed by atoms with Gasteiger partial charge in [-0.2, -0.15) is 4.98 Å². The Balaban J connectivity index is 2.32. The number of nitrogens with zero attached hydrogens (tertiary/aromatic N) is 3. The highest BCUT2D eigenvalue weighted by molar-refractivity contribution is 5.60. The van der Waals surface area contributed by atoms with Crippen LogP contribution in [0.15, 0.2) is 24.3 Å². The molecule has 8 nitrogen and oxygen atoms in total. The van der Waals surface area contributed by atoms with Crippen molar-refractivity contribution >= 4 is 17.5 Å². The lowest BCUT2D eigenvalue weighted by atomic mass is 10.2. The van der Waals surface area contributed by atoms with Gasteiger partial charge in [-0.3, -0.25) is 15.5 Å². The van der Waals surface area contributed by atoms with Crippen molar-refractivity contribution in [3.05, 3.63) is 51.5 Å². The number of halogens is 1. The van der Waals surface area contributed by atoms with E-state index in [-0.39, 0.29) is 29.7 Å². The molecule has 21 heavy (non-hydrogen) atoms. The molecule has 4 N–H and O–H groups in total. The van der Waals surface area contributed by atoms with Crippen LogP contribution in [0, 0.1) is 22.9 Å². The number of hydrogen-bond acceptors (Lipinski definition) is 7. The lowest BCUT2D eigenvalue weighted by molar-refractivity contribution is -0.385. The molecule has 2 rings (SSSR count). The number of anilines is 2. The predicted molar refractivity (Wildman–Crippen MR) is 75.0 cm³/mol. The van der Waals surface area contributed by atoms with Gasteiger partial charge in [0.25, 0.3) is 0 Å². The van der Waals surface area contributed by atoms with Crippen molar-refractivity contribution in [2.45, 2.75) is 13.5 Å². The molecule has 0 fully saturated rings. The Hall–Kier alpha value is -2.81. The molecule has 0 atom stereocenters. The van der Waals surface area contributed by atoms with Crippen LogP contribution in [0.2, 0.25) is 0 Å². The van der Waals surface area contributed by atoms with E-state index in [1.54, 1.807) is 18.2 Å². The van der Waals surface area contributed by atoms with Gasteiger partial charge in [0.15, 0.2) is 0 Å². The minimum Gasteiger partial charge on any atom is -0.360 e. The second-order valence-corrected chi connectivity index (χ2v) is 4.18. The first-order valence-electron chi connectivity index (χ1n) is 6.00. The van der Waals surface area contributed by atoms with Crippen molar-refractivity contribution in [3.63, 3.8) is 0 Å². The van der Waals surface area contributed by atoms with E-state index in [9.17, 15) is 14.5 Å². The van der Waals surface area contributed by atoms with Crippen molar-refractivity contribution in [1.29, 1.82) is 0 Å². The molecular weight excluding hydrogens is 279 g/mol. The largest absolute Gasteiger partial charge is 0.360 e. The van der Waals surface area contributed by atoms with Crippen LogP contribution in [0.1, 0.15) is 11.3 Å². The summed E-state index contributed by atoms with van der Waals surface area (Å²) in [7, 11) is 0. The standard InChI is InChI=1S/C12H13FN6O2/c1-7-10(19(20)21)11(17-12(16-7)18-14)15-6-8-4-2-3-5-9(8)13/h2-5H,6,14H2,1H3,(H2,15,16,17,18). The molecule has 0 bridgehead atoms. The molecule has 2 aromatic rings. The van der Waals surface area contributed by atoms with Crippen LogP contribution in [0.5, 0.6) is 0 Å². The van der Waals surface area contributed by atoms with Crippen LogP contribution in [0.3, 0.4) is 0 Å². The summed E-state index contributed by atoms with van der Waals surface area (Å²) in [5, 5.41) is 13.8. The van der Waals surface area contributed by atoms with Gasteiger partial charge >= 0.3 is 5.69 Å². The number of hydrogen-bond donors (Lipinski definition) is 3. The zero-order chi connectivity index (χ0) is 15.4. The number of nitrogens with one attached hydrogen (secondary N) is 2. The van der Waals surface area contributed by atoms with E-state index >= 15 is 0 Å². The van der Waals surface area contributed by atoms with Crippen LogP contribution in [-0.4, -0.2) is 14.9 Å².